The van der Waals surface area contributed by atoms with Crippen LogP contribution in [-0.4, -0.2) is 24.8 Å². The summed E-state index contributed by atoms with van der Waals surface area (Å²) in [7, 11) is -3.82. The van der Waals surface area contributed by atoms with Gasteiger partial charge in [-0.05, 0) is 45.0 Å². The van der Waals surface area contributed by atoms with Crippen LogP contribution in [0.5, 0.6) is 0 Å². The van der Waals surface area contributed by atoms with Gasteiger partial charge in [0, 0.05) is 18.4 Å². The Hall–Kier alpha value is -3.04. The van der Waals surface area contributed by atoms with Crippen LogP contribution in [0.2, 0.25) is 0 Å². The zero-order chi connectivity index (χ0) is 22.6. The Kier molecular flexibility index (Phi) is 6.56. The topological polar surface area (TPSA) is 101 Å². The molecule has 9 heteroatoms. The molecule has 1 heterocycles. The molecule has 0 radical (unpaired) electrons. The summed E-state index contributed by atoms with van der Waals surface area (Å²) in [5.41, 5.74) is -0.198. The molecule has 164 valence electrons. The molecular formula is C22H24FN3O4S. The molecule has 0 saturated heterocycles. The number of nitrogens with zero attached hydrogens (tertiary/aromatic N) is 1. The van der Waals surface area contributed by atoms with Gasteiger partial charge < -0.3 is 9.73 Å². The second-order valence-electron chi connectivity index (χ2n) is 8.00. The number of nitrogens with one attached hydrogen (secondary N) is 2. The normalized spacial score (nSPS) is 12.0. The minimum absolute atomic E-state index is 0.0122. The molecular weight excluding hydrogens is 421 g/mol. The summed E-state index contributed by atoms with van der Waals surface area (Å²) >= 11 is 0. The molecule has 2 aromatic carbocycles. The molecule has 2 N–H and O–H groups in total. The van der Waals surface area contributed by atoms with Gasteiger partial charge in [0.15, 0.2) is 11.7 Å². The van der Waals surface area contributed by atoms with Crippen LogP contribution >= 0.6 is 0 Å². The molecule has 3 rings (SSSR count). The highest BCUT2D eigenvalue weighted by molar-refractivity contribution is 7.89. The summed E-state index contributed by atoms with van der Waals surface area (Å²) in [6, 6.07) is 12.4. The van der Waals surface area contributed by atoms with E-state index < -0.39 is 27.3 Å². The Morgan fingerprint density at radius 2 is 1.77 bits per heavy atom. The number of amides is 1. The number of aromatic nitrogens is 1. The standard InChI is InChI=1S/C22H24FN3O4S/c1-22(2,3)26-31(28,29)19-11-7-6-10-17(19)25-20(27)12-13-21-24-14-18(30-21)15-8-4-5-9-16(15)23/h4-11,14,26H,12-13H2,1-3H3,(H,25,27). The van der Waals surface area contributed by atoms with Crippen molar-refractivity contribution in [2.75, 3.05) is 5.32 Å². The third-order valence-electron chi connectivity index (χ3n) is 4.15. The number of halogens is 1. The van der Waals surface area contributed by atoms with E-state index in [1.54, 1.807) is 51.1 Å². The molecule has 1 amide bonds. The summed E-state index contributed by atoms with van der Waals surface area (Å²) < 4.78 is 47.3. The van der Waals surface area contributed by atoms with E-state index in [0.717, 1.165) is 0 Å². The van der Waals surface area contributed by atoms with E-state index >= 15 is 0 Å². The zero-order valence-electron chi connectivity index (χ0n) is 17.5. The summed E-state index contributed by atoms with van der Waals surface area (Å²) in [5, 5.41) is 2.63. The Bertz CT molecular complexity index is 1180. The van der Waals surface area contributed by atoms with Crippen LogP contribution < -0.4 is 10.0 Å². The van der Waals surface area contributed by atoms with Crippen LogP contribution in [0.15, 0.2) is 64.0 Å². The number of hydrogen-bond acceptors (Lipinski definition) is 5. The van der Waals surface area contributed by atoms with Gasteiger partial charge in [-0.2, -0.15) is 0 Å². The summed E-state index contributed by atoms with van der Waals surface area (Å²) in [6.07, 6.45) is 1.60. The Morgan fingerprint density at radius 3 is 2.48 bits per heavy atom. The van der Waals surface area contributed by atoms with Crippen LogP contribution in [0.25, 0.3) is 11.3 Å². The molecule has 0 atom stereocenters. The highest BCUT2D eigenvalue weighted by atomic mass is 32.2. The van der Waals surface area contributed by atoms with Gasteiger partial charge in [-0.3, -0.25) is 4.79 Å². The lowest BCUT2D eigenvalue weighted by atomic mass is 10.1. The van der Waals surface area contributed by atoms with Crippen LogP contribution in [0.4, 0.5) is 10.1 Å². The quantitative estimate of drug-likeness (QED) is 0.569. The monoisotopic (exact) mass is 445 g/mol. The van der Waals surface area contributed by atoms with E-state index in [1.165, 1.54) is 24.4 Å². The fourth-order valence-electron chi connectivity index (χ4n) is 2.91. The minimum atomic E-state index is -3.82. The van der Waals surface area contributed by atoms with E-state index in [1.807, 2.05) is 0 Å². The Balaban J connectivity index is 1.67. The highest BCUT2D eigenvalue weighted by Gasteiger charge is 2.25. The van der Waals surface area contributed by atoms with Gasteiger partial charge in [0.25, 0.3) is 0 Å². The average molecular weight is 446 g/mol. The number of oxazole rings is 1. The van der Waals surface area contributed by atoms with E-state index in [2.05, 4.69) is 15.0 Å². The SMILES string of the molecule is CC(C)(C)NS(=O)(=O)c1ccccc1NC(=O)CCc1ncc(-c2ccccc2F)o1. The first-order chi connectivity index (χ1) is 14.5. The van der Waals surface area contributed by atoms with Crippen molar-refractivity contribution >= 4 is 21.6 Å². The van der Waals surface area contributed by atoms with Crippen molar-refractivity contribution in [1.82, 2.24) is 9.71 Å². The third-order valence-corrected chi connectivity index (χ3v) is 5.97. The zero-order valence-corrected chi connectivity index (χ0v) is 18.3. The van der Waals surface area contributed by atoms with Gasteiger partial charge in [-0.25, -0.2) is 22.5 Å². The summed E-state index contributed by atoms with van der Waals surface area (Å²) in [5.74, 6) is -0.268. The van der Waals surface area contributed by atoms with E-state index in [0.29, 0.717) is 0 Å². The van der Waals surface area contributed by atoms with Crippen LogP contribution in [0.1, 0.15) is 33.1 Å². The number of benzene rings is 2. The van der Waals surface area contributed by atoms with Crippen molar-refractivity contribution in [2.45, 2.75) is 44.0 Å². The van der Waals surface area contributed by atoms with Crippen LogP contribution in [0.3, 0.4) is 0 Å². The third kappa shape index (κ3) is 5.99. The summed E-state index contributed by atoms with van der Waals surface area (Å²) in [6.45, 7) is 5.20. The first-order valence-electron chi connectivity index (χ1n) is 9.68. The van der Waals surface area contributed by atoms with Gasteiger partial charge in [-0.15, -0.1) is 0 Å². The van der Waals surface area contributed by atoms with Gasteiger partial charge >= 0.3 is 0 Å². The molecule has 0 aliphatic carbocycles. The Labute approximate surface area is 180 Å². The molecule has 0 saturated carbocycles. The van der Waals surface area contributed by atoms with Crippen molar-refractivity contribution < 1.29 is 22.0 Å². The number of para-hydroxylation sites is 1. The molecule has 0 fully saturated rings. The minimum Gasteiger partial charge on any atom is -0.441 e. The maximum Gasteiger partial charge on any atom is 0.243 e. The first kappa shape index (κ1) is 22.6. The summed E-state index contributed by atoms with van der Waals surface area (Å²) in [4.78, 5) is 16.5. The van der Waals surface area contributed by atoms with Crippen LogP contribution in [-0.2, 0) is 21.2 Å². The number of hydrogen-bond donors (Lipinski definition) is 2. The number of aryl methyl sites for hydroxylation is 1. The molecule has 0 bridgehead atoms. The van der Waals surface area contributed by atoms with Crippen LogP contribution in [0, 0.1) is 5.82 Å². The van der Waals surface area contributed by atoms with Crippen molar-refractivity contribution in [2.24, 2.45) is 0 Å². The molecule has 31 heavy (non-hydrogen) atoms. The molecule has 0 unspecified atom stereocenters. The molecule has 0 aliphatic heterocycles. The predicted octanol–water partition coefficient (Wildman–Crippen LogP) is 4.13. The number of rotatable bonds is 7. The smallest absolute Gasteiger partial charge is 0.243 e. The van der Waals surface area contributed by atoms with E-state index in [9.17, 15) is 17.6 Å². The molecule has 0 aliphatic rings. The highest BCUT2D eigenvalue weighted by Crippen LogP contribution is 2.25. The predicted molar refractivity (Wildman–Crippen MR) is 115 cm³/mol. The van der Waals surface area contributed by atoms with Gasteiger partial charge in [0.1, 0.15) is 10.7 Å². The average Bonchev–Trinajstić information content (AvgIpc) is 3.14. The molecule has 1 aromatic heterocycles. The molecule has 3 aromatic rings. The number of carbonyl (C=O) groups excluding carboxylic acids is 1. The first-order valence-corrected chi connectivity index (χ1v) is 11.2. The lowest BCUT2D eigenvalue weighted by Gasteiger charge is -2.21. The van der Waals surface area contributed by atoms with Crippen molar-refractivity contribution in [1.29, 1.82) is 0 Å². The van der Waals surface area contributed by atoms with Gasteiger partial charge in [0.2, 0.25) is 15.9 Å². The Morgan fingerprint density at radius 1 is 1.10 bits per heavy atom. The van der Waals surface area contributed by atoms with Crippen molar-refractivity contribution in [3.8, 4) is 11.3 Å². The fraction of sp³-hybridized carbons (Fsp3) is 0.273. The maximum atomic E-state index is 13.9. The largest absolute Gasteiger partial charge is 0.441 e. The molecule has 7 nitrogen and oxygen atoms in total. The van der Waals surface area contributed by atoms with E-state index in [4.69, 9.17) is 4.42 Å². The van der Waals surface area contributed by atoms with Gasteiger partial charge in [-0.1, -0.05) is 24.3 Å². The number of anilines is 1. The second kappa shape index (κ2) is 8.99. The number of carbonyl (C=O) groups is 1. The van der Waals surface area contributed by atoms with Gasteiger partial charge in [0.05, 0.1) is 17.4 Å². The number of sulfonamides is 1. The fourth-order valence-corrected chi connectivity index (χ4v) is 4.49. The van der Waals surface area contributed by atoms with E-state index in [-0.39, 0.29) is 40.6 Å². The van der Waals surface area contributed by atoms with Crippen molar-refractivity contribution in [3.05, 3.63) is 66.4 Å². The van der Waals surface area contributed by atoms with Crippen molar-refractivity contribution in [3.63, 3.8) is 0 Å². The lowest BCUT2D eigenvalue weighted by molar-refractivity contribution is -0.116. The molecule has 0 spiro atoms. The maximum absolute atomic E-state index is 13.9. The lowest BCUT2D eigenvalue weighted by Crippen LogP contribution is -2.40. The second-order valence-corrected chi connectivity index (χ2v) is 9.65.